The van der Waals surface area contributed by atoms with Crippen LogP contribution in [0.2, 0.25) is 0 Å². The molecule has 0 aliphatic heterocycles. The second-order valence-corrected chi connectivity index (χ2v) is 5.80. The van der Waals surface area contributed by atoms with Crippen LogP contribution >= 0.6 is 11.8 Å². The average Bonchev–Trinajstić information content (AvgIpc) is 2.99. The van der Waals surface area contributed by atoms with Crippen LogP contribution in [0.4, 0.5) is 0 Å². The molecule has 6 heteroatoms. The van der Waals surface area contributed by atoms with Crippen molar-refractivity contribution in [3.8, 4) is 5.69 Å². The zero-order valence-electron chi connectivity index (χ0n) is 12.1. The molecule has 0 fully saturated rings. The fraction of sp³-hybridized carbons (Fsp3) is 0.333. The molecular weight excluding hydrogens is 286 g/mol. The van der Waals surface area contributed by atoms with E-state index in [-0.39, 0.29) is 23.8 Å². The van der Waals surface area contributed by atoms with Gasteiger partial charge in [0.05, 0.1) is 24.1 Å². The number of nitrogens with zero attached hydrogens (tertiary/aromatic N) is 2. The minimum absolute atomic E-state index is 0.0156. The number of thioether (sulfide) groups is 1. The third kappa shape index (κ3) is 3.86. The Morgan fingerprint density at radius 2 is 2.14 bits per heavy atom. The standard InChI is InChI=1S/C15H19N3O2S/c1-11(14(10-19)21-2)17-15(20)12-8-16-18(9-12)13-6-4-3-5-7-13/h3-9,11,14,19H,10H2,1-2H3,(H,17,20). The Morgan fingerprint density at radius 3 is 2.76 bits per heavy atom. The lowest BCUT2D eigenvalue weighted by molar-refractivity contribution is 0.0936. The lowest BCUT2D eigenvalue weighted by atomic mass is 10.2. The van der Waals surface area contributed by atoms with E-state index >= 15 is 0 Å². The van der Waals surface area contributed by atoms with Crippen molar-refractivity contribution in [2.75, 3.05) is 12.9 Å². The topological polar surface area (TPSA) is 67.2 Å². The largest absolute Gasteiger partial charge is 0.395 e. The third-order valence-corrected chi connectivity index (χ3v) is 4.43. The number of aliphatic hydroxyl groups is 1. The van der Waals surface area contributed by atoms with E-state index in [1.54, 1.807) is 17.1 Å². The molecule has 21 heavy (non-hydrogen) atoms. The molecule has 0 saturated heterocycles. The Labute approximate surface area is 128 Å². The van der Waals surface area contributed by atoms with Crippen LogP contribution in [-0.4, -0.2) is 44.9 Å². The van der Waals surface area contributed by atoms with E-state index in [0.717, 1.165) is 5.69 Å². The Balaban J connectivity index is 2.06. The number of rotatable bonds is 6. The minimum atomic E-state index is -0.183. The second kappa shape index (κ2) is 7.28. The maximum absolute atomic E-state index is 12.2. The molecule has 1 heterocycles. The van der Waals surface area contributed by atoms with Gasteiger partial charge in [-0.25, -0.2) is 4.68 Å². The Kier molecular flexibility index (Phi) is 5.41. The number of aliphatic hydroxyl groups excluding tert-OH is 1. The van der Waals surface area contributed by atoms with Gasteiger partial charge in [0.1, 0.15) is 0 Å². The van der Waals surface area contributed by atoms with Gasteiger partial charge in [0.15, 0.2) is 0 Å². The summed E-state index contributed by atoms with van der Waals surface area (Å²) in [6.45, 7) is 1.92. The zero-order chi connectivity index (χ0) is 15.2. The average molecular weight is 305 g/mol. The Morgan fingerprint density at radius 1 is 1.43 bits per heavy atom. The number of hydrogen-bond acceptors (Lipinski definition) is 4. The van der Waals surface area contributed by atoms with Crippen LogP contribution in [-0.2, 0) is 0 Å². The van der Waals surface area contributed by atoms with Gasteiger partial charge in [-0.2, -0.15) is 16.9 Å². The van der Waals surface area contributed by atoms with Crippen LogP contribution in [0, 0.1) is 0 Å². The predicted molar refractivity (Wildman–Crippen MR) is 84.9 cm³/mol. The van der Waals surface area contributed by atoms with Crippen molar-refractivity contribution in [3.05, 3.63) is 48.3 Å². The molecule has 1 amide bonds. The molecule has 0 aliphatic rings. The summed E-state index contributed by atoms with van der Waals surface area (Å²) in [6, 6.07) is 9.50. The van der Waals surface area contributed by atoms with Crippen molar-refractivity contribution in [1.82, 2.24) is 15.1 Å². The Hall–Kier alpha value is -1.79. The number of carbonyl (C=O) groups is 1. The van der Waals surface area contributed by atoms with Gasteiger partial charge in [-0.1, -0.05) is 18.2 Å². The molecule has 1 aromatic heterocycles. The first-order chi connectivity index (χ1) is 10.2. The molecule has 0 spiro atoms. The number of nitrogens with one attached hydrogen (secondary N) is 1. The molecule has 0 aliphatic carbocycles. The maximum atomic E-state index is 12.2. The second-order valence-electron chi connectivity index (χ2n) is 4.73. The summed E-state index contributed by atoms with van der Waals surface area (Å²) in [5.74, 6) is -0.183. The van der Waals surface area contributed by atoms with Gasteiger partial charge in [0.2, 0.25) is 0 Å². The summed E-state index contributed by atoms with van der Waals surface area (Å²) in [5.41, 5.74) is 1.41. The van der Waals surface area contributed by atoms with Crippen LogP contribution in [0.5, 0.6) is 0 Å². The van der Waals surface area contributed by atoms with Crippen LogP contribution in [0.1, 0.15) is 17.3 Å². The smallest absolute Gasteiger partial charge is 0.254 e. The first-order valence-electron chi connectivity index (χ1n) is 6.70. The molecule has 2 aromatic rings. The van der Waals surface area contributed by atoms with Gasteiger partial charge < -0.3 is 10.4 Å². The van der Waals surface area contributed by atoms with E-state index in [2.05, 4.69) is 10.4 Å². The molecule has 2 atom stereocenters. The fourth-order valence-electron chi connectivity index (χ4n) is 1.98. The molecule has 0 radical (unpaired) electrons. The highest BCUT2D eigenvalue weighted by molar-refractivity contribution is 7.99. The SMILES string of the molecule is CSC(CO)C(C)NC(=O)c1cnn(-c2ccccc2)c1. The van der Waals surface area contributed by atoms with Crippen LogP contribution in [0.15, 0.2) is 42.7 Å². The van der Waals surface area contributed by atoms with Crippen LogP contribution < -0.4 is 5.32 Å². The number of para-hydroxylation sites is 1. The lowest BCUT2D eigenvalue weighted by Crippen LogP contribution is -2.41. The van der Waals surface area contributed by atoms with E-state index in [1.165, 1.54) is 11.8 Å². The molecule has 2 rings (SSSR count). The molecule has 112 valence electrons. The van der Waals surface area contributed by atoms with Gasteiger partial charge >= 0.3 is 0 Å². The summed E-state index contributed by atoms with van der Waals surface area (Å²) < 4.78 is 1.66. The van der Waals surface area contributed by atoms with Crippen molar-refractivity contribution >= 4 is 17.7 Å². The number of carbonyl (C=O) groups excluding carboxylic acids is 1. The highest BCUT2D eigenvalue weighted by atomic mass is 32.2. The van der Waals surface area contributed by atoms with E-state index < -0.39 is 0 Å². The quantitative estimate of drug-likeness (QED) is 0.852. The van der Waals surface area contributed by atoms with Crippen molar-refractivity contribution in [3.63, 3.8) is 0 Å². The molecule has 1 aromatic carbocycles. The van der Waals surface area contributed by atoms with Gasteiger partial charge in [-0.05, 0) is 25.3 Å². The van der Waals surface area contributed by atoms with Gasteiger partial charge in [0.25, 0.3) is 5.91 Å². The van der Waals surface area contributed by atoms with Crippen molar-refractivity contribution < 1.29 is 9.90 Å². The van der Waals surface area contributed by atoms with Crippen molar-refractivity contribution in [1.29, 1.82) is 0 Å². The number of amides is 1. The molecule has 0 saturated carbocycles. The van der Waals surface area contributed by atoms with E-state index in [1.807, 2.05) is 43.5 Å². The minimum Gasteiger partial charge on any atom is -0.395 e. The lowest BCUT2D eigenvalue weighted by Gasteiger charge is -2.20. The summed E-state index contributed by atoms with van der Waals surface area (Å²) >= 11 is 1.53. The maximum Gasteiger partial charge on any atom is 0.254 e. The summed E-state index contributed by atoms with van der Waals surface area (Å²) in [7, 11) is 0. The van der Waals surface area contributed by atoms with Crippen LogP contribution in [0.3, 0.4) is 0 Å². The molecular formula is C15H19N3O2S. The normalized spacial score (nSPS) is 13.7. The number of aromatic nitrogens is 2. The van der Waals surface area contributed by atoms with Crippen molar-refractivity contribution in [2.24, 2.45) is 0 Å². The summed E-state index contributed by atoms with van der Waals surface area (Å²) in [4.78, 5) is 12.2. The number of hydrogen-bond donors (Lipinski definition) is 2. The highest BCUT2D eigenvalue weighted by Gasteiger charge is 2.19. The predicted octanol–water partition coefficient (Wildman–Crippen LogP) is 1.71. The fourth-order valence-corrected chi connectivity index (χ4v) is 2.61. The monoisotopic (exact) mass is 305 g/mol. The van der Waals surface area contributed by atoms with Crippen LogP contribution in [0.25, 0.3) is 5.69 Å². The molecule has 5 nitrogen and oxygen atoms in total. The van der Waals surface area contributed by atoms with E-state index in [0.29, 0.717) is 5.56 Å². The van der Waals surface area contributed by atoms with Gasteiger partial charge in [0, 0.05) is 17.5 Å². The van der Waals surface area contributed by atoms with E-state index in [9.17, 15) is 9.90 Å². The first kappa shape index (κ1) is 15.6. The van der Waals surface area contributed by atoms with Gasteiger partial charge in [-0.15, -0.1) is 0 Å². The molecule has 2 unspecified atom stereocenters. The Bertz CT molecular complexity index is 582. The highest BCUT2D eigenvalue weighted by Crippen LogP contribution is 2.12. The third-order valence-electron chi connectivity index (χ3n) is 3.26. The van der Waals surface area contributed by atoms with Crippen molar-refractivity contribution in [2.45, 2.75) is 18.2 Å². The molecule has 2 N–H and O–H groups in total. The van der Waals surface area contributed by atoms with E-state index in [4.69, 9.17) is 0 Å². The van der Waals surface area contributed by atoms with Gasteiger partial charge in [-0.3, -0.25) is 4.79 Å². The summed E-state index contributed by atoms with van der Waals surface area (Å²) in [5, 5.41) is 16.3. The first-order valence-corrected chi connectivity index (χ1v) is 7.99. The zero-order valence-corrected chi connectivity index (χ0v) is 12.9. The molecule has 0 bridgehead atoms. The number of benzene rings is 1. The summed E-state index contributed by atoms with van der Waals surface area (Å²) in [6.07, 6.45) is 5.16.